The number of allylic oxidation sites excluding steroid dienone is 2. The second-order valence-electron chi connectivity index (χ2n) is 10.7. The van der Waals surface area contributed by atoms with E-state index in [1.54, 1.807) is 0 Å². The van der Waals surface area contributed by atoms with E-state index in [2.05, 4.69) is 44.6 Å². The van der Waals surface area contributed by atoms with Crippen molar-refractivity contribution in [1.82, 2.24) is 0 Å². The number of rotatable bonds is 25. The molecular weight excluding hydrogens is 464 g/mol. The van der Waals surface area contributed by atoms with Gasteiger partial charge in [-0.05, 0) is 50.4 Å². The largest absolute Gasteiger partial charge is 0.469 e. The average molecular weight is 523 g/mol. The molecule has 0 fully saturated rings. The first kappa shape index (κ1) is 35.4. The average Bonchev–Trinajstić information content (AvgIpc) is 2.91. The lowest BCUT2D eigenvalue weighted by Gasteiger charge is -2.18. The topological polar surface area (TPSA) is 69.7 Å². The van der Waals surface area contributed by atoms with Crippen LogP contribution in [-0.4, -0.2) is 31.4 Å². The minimum absolute atomic E-state index is 0.143. The summed E-state index contributed by atoms with van der Waals surface area (Å²) in [5, 5.41) is 0. The second-order valence-corrected chi connectivity index (χ2v) is 10.7. The van der Waals surface area contributed by atoms with E-state index in [9.17, 15) is 14.4 Å². The number of ketones is 1. The quantitative estimate of drug-likeness (QED) is 0.0680. The summed E-state index contributed by atoms with van der Waals surface area (Å²) in [6, 6.07) is 0. The minimum Gasteiger partial charge on any atom is -0.469 e. The van der Waals surface area contributed by atoms with Crippen molar-refractivity contribution < 1.29 is 23.9 Å². The van der Waals surface area contributed by atoms with Gasteiger partial charge in [0.05, 0.1) is 20.1 Å². The molecule has 0 aromatic rings. The fourth-order valence-electron chi connectivity index (χ4n) is 4.66. The Balaban J connectivity index is 4.73. The fourth-order valence-corrected chi connectivity index (χ4v) is 4.66. The Morgan fingerprint density at radius 1 is 0.703 bits per heavy atom. The molecule has 0 aromatic heterocycles. The number of esters is 2. The van der Waals surface area contributed by atoms with Gasteiger partial charge in [0.25, 0.3) is 0 Å². The molecular formula is C32H58O5. The van der Waals surface area contributed by atoms with Gasteiger partial charge in [-0.25, -0.2) is 0 Å². The van der Waals surface area contributed by atoms with Crippen molar-refractivity contribution in [2.45, 2.75) is 143 Å². The molecule has 0 heterocycles. The number of hydrogen-bond acceptors (Lipinski definition) is 5. The Hall–Kier alpha value is -1.65. The molecule has 3 unspecified atom stereocenters. The molecule has 0 saturated heterocycles. The van der Waals surface area contributed by atoms with Crippen LogP contribution in [0.3, 0.4) is 0 Å². The molecule has 0 bridgehead atoms. The van der Waals surface area contributed by atoms with Crippen molar-refractivity contribution in [2.75, 3.05) is 13.7 Å². The smallest absolute Gasteiger partial charge is 0.306 e. The molecule has 0 N–H and O–H groups in total. The van der Waals surface area contributed by atoms with Crippen LogP contribution >= 0.6 is 0 Å². The van der Waals surface area contributed by atoms with E-state index in [0.717, 1.165) is 70.6 Å². The van der Waals surface area contributed by atoms with Crippen LogP contribution < -0.4 is 0 Å². The molecule has 0 amide bonds. The number of methoxy groups -OCH3 is 1. The van der Waals surface area contributed by atoms with E-state index in [1.165, 1.54) is 26.4 Å². The molecule has 5 heteroatoms. The highest BCUT2D eigenvalue weighted by molar-refractivity contribution is 5.85. The number of ether oxygens (including phenoxy) is 2. The van der Waals surface area contributed by atoms with Crippen molar-refractivity contribution >= 4 is 17.7 Å². The molecule has 216 valence electrons. The lowest BCUT2D eigenvalue weighted by molar-refractivity contribution is -0.148. The van der Waals surface area contributed by atoms with Gasteiger partial charge in [0.15, 0.2) is 0 Å². The van der Waals surface area contributed by atoms with E-state index in [0.29, 0.717) is 37.7 Å². The van der Waals surface area contributed by atoms with Crippen molar-refractivity contribution in [3.63, 3.8) is 0 Å². The number of unbranched alkanes of at least 4 members (excludes halogenated alkanes) is 6. The van der Waals surface area contributed by atoms with Crippen molar-refractivity contribution in [3.8, 4) is 0 Å². The second kappa shape index (κ2) is 24.7. The highest BCUT2D eigenvalue weighted by atomic mass is 16.5. The highest BCUT2D eigenvalue weighted by Gasteiger charge is 2.23. The third-order valence-electron chi connectivity index (χ3n) is 7.55. The number of hydrogen-bond donors (Lipinski definition) is 0. The summed E-state index contributed by atoms with van der Waals surface area (Å²) in [5.41, 5.74) is 0. The molecule has 3 atom stereocenters. The third-order valence-corrected chi connectivity index (χ3v) is 7.55. The first-order chi connectivity index (χ1) is 17.9. The van der Waals surface area contributed by atoms with Gasteiger partial charge < -0.3 is 9.47 Å². The monoisotopic (exact) mass is 522 g/mol. The van der Waals surface area contributed by atoms with Crippen molar-refractivity contribution in [3.05, 3.63) is 12.2 Å². The first-order valence-electron chi connectivity index (χ1n) is 15.3. The Bertz CT molecular complexity index is 612. The lowest BCUT2D eigenvalue weighted by atomic mass is 9.88. The maximum atomic E-state index is 13.1. The molecule has 0 aliphatic rings. The van der Waals surface area contributed by atoms with E-state index in [-0.39, 0.29) is 30.1 Å². The Morgan fingerprint density at radius 2 is 1.35 bits per heavy atom. The first-order valence-corrected chi connectivity index (χ1v) is 15.3. The van der Waals surface area contributed by atoms with Crippen LogP contribution in [0.1, 0.15) is 143 Å². The van der Waals surface area contributed by atoms with Gasteiger partial charge in [-0.2, -0.15) is 0 Å². The zero-order valence-electron chi connectivity index (χ0n) is 24.9. The minimum atomic E-state index is -0.289. The van der Waals surface area contributed by atoms with Crippen LogP contribution in [0.25, 0.3) is 0 Å². The molecule has 0 aromatic carbocycles. The zero-order valence-corrected chi connectivity index (χ0v) is 24.9. The van der Waals surface area contributed by atoms with Gasteiger partial charge in [-0.3, -0.25) is 14.4 Å². The maximum Gasteiger partial charge on any atom is 0.306 e. The summed E-state index contributed by atoms with van der Waals surface area (Å²) >= 11 is 0. The van der Waals surface area contributed by atoms with Crippen molar-refractivity contribution in [1.29, 1.82) is 0 Å². The van der Waals surface area contributed by atoms with Gasteiger partial charge >= 0.3 is 11.9 Å². The fraction of sp³-hybridized carbons (Fsp3) is 0.844. The standard InChI is InChI=1S/C32H58O5/c1-6-10-19-27(8-3)23-24-30(33)29(25-32(35)37-26-28(9-4)20-11-7-2)21-17-15-13-12-14-16-18-22-31(34)36-5/h15,17,27-29H,6-14,16,18-26H2,1-5H3/b17-15+. The summed E-state index contributed by atoms with van der Waals surface area (Å²) in [4.78, 5) is 37.0. The Labute approximate surface area is 228 Å². The molecule has 37 heavy (non-hydrogen) atoms. The van der Waals surface area contributed by atoms with E-state index < -0.39 is 0 Å². The molecule has 0 saturated carbocycles. The van der Waals surface area contributed by atoms with Gasteiger partial charge in [0, 0.05) is 18.8 Å². The normalized spacial score (nSPS) is 13.9. The molecule has 0 rings (SSSR count). The van der Waals surface area contributed by atoms with Crippen LogP contribution in [0, 0.1) is 17.8 Å². The maximum absolute atomic E-state index is 13.1. The number of carbonyl (C=O) groups is 3. The SMILES string of the molecule is CCCCC(CC)CCC(=O)C(C/C=C/CCCCCCC(=O)OC)CC(=O)OCC(CC)CCCC. The summed E-state index contributed by atoms with van der Waals surface area (Å²) < 4.78 is 10.3. The molecule has 0 aliphatic heterocycles. The van der Waals surface area contributed by atoms with Gasteiger partial charge in [-0.15, -0.1) is 0 Å². The molecule has 0 spiro atoms. The number of Topliss-reactive ketones (excluding diaryl/α,β-unsaturated/α-hetero) is 1. The molecule has 0 aliphatic carbocycles. The highest BCUT2D eigenvalue weighted by Crippen LogP contribution is 2.23. The molecule has 0 radical (unpaired) electrons. The molecule has 5 nitrogen and oxygen atoms in total. The van der Waals surface area contributed by atoms with Gasteiger partial charge in [-0.1, -0.05) is 97.6 Å². The predicted octanol–water partition coefficient (Wildman–Crippen LogP) is 8.78. The summed E-state index contributed by atoms with van der Waals surface area (Å²) in [5.74, 6) is 0.548. The van der Waals surface area contributed by atoms with Crippen molar-refractivity contribution in [2.24, 2.45) is 17.8 Å². The van der Waals surface area contributed by atoms with E-state index in [4.69, 9.17) is 4.74 Å². The van der Waals surface area contributed by atoms with Gasteiger partial charge in [0.1, 0.15) is 5.78 Å². The lowest BCUT2D eigenvalue weighted by Crippen LogP contribution is -2.22. The predicted molar refractivity (Wildman–Crippen MR) is 153 cm³/mol. The summed E-state index contributed by atoms with van der Waals surface area (Å²) in [7, 11) is 1.43. The van der Waals surface area contributed by atoms with Crippen LogP contribution in [0.15, 0.2) is 12.2 Å². The summed E-state index contributed by atoms with van der Waals surface area (Å²) in [6.45, 7) is 9.21. The van der Waals surface area contributed by atoms with Crippen LogP contribution in [0.4, 0.5) is 0 Å². The van der Waals surface area contributed by atoms with Crippen LogP contribution in [0.5, 0.6) is 0 Å². The third kappa shape index (κ3) is 20.0. The van der Waals surface area contributed by atoms with Crippen LogP contribution in [0.2, 0.25) is 0 Å². The van der Waals surface area contributed by atoms with E-state index >= 15 is 0 Å². The van der Waals surface area contributed by atoms with Crippen LogP contribution in [-0.2, 0) is 23.9 Å². The Kier molecular flexibility index (Phi) is 23.6. The van der Waals surface area contributed by atoms with Gasteiger partial charge in [0.2, 0.25) is 0 Å². The zero-order chi connectivity index (χ0) is 27.7. The Morgan fingerprint density at radius 3 is 1.97 bits per heavy atom. The number of carbonyl (C=O) groups excluding carboxylic acids is 3. The van der Waals surface area contributed by atoms with E-state index in [1.807, 2.05) is 0 Å². The summed E-state index contributed by atoms with van der Waals surface area (Å²) in [6.07, 6.45) is 21.0.